The molecule has 0 bridgehead atoms. The van der Waals surface area contributed by atoms with Gasteiger partial charge in [-0.15, -0.1) is 0 Å². The van der Waals surface area contributed by atoms with E-state index in [1.54, 1.807) is 19.2 Å². The number of aromatic nitrogens is 2. The molecule has 34 heavy (non-hydrogen) atoms. The molecule has 0 aliphatic heterocycles. The number of unbranched alkanes of at least 4 members (excludes halogenated alkanes) is 1. The van der Waals surface area contributed by atoms with E-state index < -0.39 is 10.0 Å². The van der Waals surface area contributed by atoms with Crippen molar-refractivity contribution < 1.29 is 17.9 Å². The molecule has 0 atom stereocenters. The summed E-state index contributed by atoms with van der Waals surface area (Å²) in [7, 11) is -2.01. The number of methoxy groups -OCH3 is 1. The standard InChI is InChI=1S/C24H31N5O4S/c1-4-5-16-33-21-10-12-22(13-11-21)34(30,31)26-15-14-25-24-27-18(2)17-23(29-24)28-19-6-8-20(32-3)9-7-19/h6-13,17,26H,4-5,14-16H2,1-3H3,(H2,25,27,28,29). The average Bonchev–Trinajstić information content (AvgIpc) is 2.82. The lowest BCUT2D eigenvalue weighted by molar-refractivity contribution is 0.309. The summed E-state index contributed by atoms with van der Waals surface area (Å²) in [4.78, 5) is 9.00. The summed E-state index contributed by atoms with van der Waals surface area (Å²) in [6.45, 7) is 5.07. The zero-order valence-electron chi connectivity index (χ0n) is 19.7. The van der Waals surface area contributed by atoms with Crippen LogP contribution in [0.1, 0.15) is 25.5 Å². The third-order valence-corrected chi connectivity index (χ3v) is 6.29. The molecular weight excluding hydrogens is 454 g/mol. The van der Waals surface area contributed by atoms with E-state index in [0.717, 1.165) is 30.0 Å². The molecular formula is C24H31N5O4S. The van der Waals surface area contributed by atoms with Crippen LogP contribution in [-0.4, -0.2) is 45.2 Å². The van der Waals surface area contributed by atoms with Crippen molar-refractivity contribution in [1.29, 1.82) is 0 Å². The molecule has 0 aliphatic rings. The molecule has 3 N–H and O–H groups in total. The Balaban J connectivity index is 1.51. The molecule has 1 heterocycles. The van der Waals surface area contributed by atoms with E-state index in [9.17, 15) is 8.42 Å². The highest BCUT2D eigenvalue weighted by atomic mass is 32.2. The Labute approximate surface area is 201 Å². The first kappa shape index (κ1) is 25.3. The van der Waals surface area contributed by atoms with Crippen molar-refractivity contribution in [3.63, 3.8) is 0 Å². The van der Waals surface area contributed by atoms with Gasteiger partial charge in [-0.05, 0) is 61.9 Å². The Kier molecular flexibility index (Phi) is 9.06. The molecule has 0 radical (unpaired) electrons. The van der Waals surface area contributed by atoms with Gasteiger partial charge in [0.05, 0.1) is 18.6 Å². The van der Waals surface area contributed by atoms with Crippen LogP contribution in [0.4, 0.5) is 17.5 Å². The number of nitrogens with zero attached hydrogens (tertiary/aromatic N) is 2. The van der Waals surface area contributed by atoms with Gasteiger partial charge in [0.2, 0.25) is 16.0 Å². The number of nitrogens with one attached hydrogen (secondary N) is 3. The quantitative estimate of drug-likeness (QED) is 0.310. The molecule has 0 spiro atoms. The van der Waals surface area contributed by atoms with Gasteiger partial charge in [-0.25, -0.2) is 18.1 Å². The topological polar surface area (TPSA) is 114 Å². The fourth-order valence-corrected chi connectivity index (χ4v) is 4.06. The van der Waals surface area contributed by atoms with Crippen LogP contribution >= 0.6 is 0 Å². The van der Waals surface area contributed by atoms with E-state index in [0.29, 0.717) is 30.7 Å². The number of ether oxygens (including phenoxy) is 2. The fourth-order valence-electron chi connectivity index (χ4n) is 3.03. The van der Waals surface area contributed by atoms with Gasteiger partial charge in [-0.2, -0.15) is 4.98 Å². The van der Waals surface area contributed by atoms with Gasteiger partial charge in [0.1, 0.15) is 17.3 Å². The van der Waals surface area contributed by atoms with Crippen LogP contribution < -0.4 is 24.8 Å². The summed E-state index contributed by atoms with van der Waals surface area (Å²) in [6.07, 6.45) is 2.00. The van der Waals surface area contributed by atoms with Gasteiger partial charge in [0.25, 0.3) is 0 Å². The normalized spacial score (nSPS) is 11.1. The minimum absolute atomic E-state index is 0.176. The lowest BCUT2D eigenvalue weighted by Gasteiger charge is -2.11. The zero-order valence-corrected chi connectivity index (χ0v) is 20.5. The second-order valence-electron chi connectivity index (χ2n) is 7.57. The van der Waals surface area contributed by atoms with Gasteiger partial charge in [-0.1, -0.05) is 13.3 Å². The molecule has 0 amide bonds. The van der Waals surface area contributed by atoms with Crippen LogP contribution in [0.5, 0.6) is 11.5 Å². The number of benzene rings is 2. The summed E-state index contributed by atoms with van der Waals surface area (Å²) < 4.78 is 38.4. The molecule has 3 rings (SSSR count). The molecule has 182 valence electrons. The number of anilines is 3. The maximum atomic E-state index is 12.5. The van der Waals surface area contributed by atoms with Crippen molar-refractivity contribution in [1.82, 2.24) is 14.7 Å². The third-order valence-electron chi connectivity index (χ3n) is 4.82. The molecule has 2 aromatic carbocycles. The van der Waals surface area contributed by atoms with Gasteiger partial charge < -0.3 is 20.1 Å². The lowest BCUT2D eigenvalue weighted by atomic mass is 10.3. The Bertz CT molecular complexity index is 1150. The largest absolute Gasteiger partial charge is 0.497 e. The Hall–Kier alpha value is -3.37. The third kappa shape index (κ3) is 7.60. The van der Waals surface area contributed by atoms with E-state index in [2.05, 4.69) is 32.2 Å². The SMILES string of the molecule is CCCCOc1ccc(S(=O)(=O)NCCNc2nc(C)cc(Nc3ccc(OC)cc3)n2)cc1. The van der Waals surface area contributed by atoms with Crippen LogP contribution in [-0.2, 0) is 10.0 Å². The predicted octanol–water partition coefficient (Wildman–Crippen LogP) is 4.11. The van der Waals surface area contributed by atoms with Crippen molar-refractivity contribution in [3.05, 3.63) is 60.3 Å². The van der Waals surface area contributed by atoms with Gasteiger partial charge in [0.15, 0.2) is 0 Å². The lowest BCUT2D eigenvalue weighted by Crippen LogP contribution is -2.29. The number of aryl methyl sites for hydroxylation is 1. The van der Waals surface area contributed by atoms with Crippen molar-refractivity contribution in [3.8, 4) is 11.5 Å². The molecule has 1 aromatic heterocycles. The highest BCUT2D eigenvalue weighted by Gasteiger charge is 2.13. The molecule has 0 saturated heterocycles. The number of rotatable bonds is 13. The monoisotopic (exact) mass is 485 g/mol. The Morgan fingerprint density at radius 3 is 2.32 bits per heavy atom. The van der Waals surface area contributed by atoms with E-state index in [-0.39, 0.29) is 11.4 Å². The zero-order chi connectivity index (χ0) is 24.4. The molecule has 10 heteroatoms. The maximum absolute atomic E-state index is 12.5. The van der Waals surface area contributed by atoms with Crippen LogP contribution in [0, 0.1) is 6.92 Å². The van der Waals surface area contributed by atoms with Crippen molar-refractivity contribution in [2.45, 2.75) is 31.6 Å². The molecule has 3 aromatic rings. The first-order chi connectivity index (χ1) is 16.4. The van der Waals surface area contributed by atoms with Crippen LogP contribution in [0.15, 0.2) is 59.5 Å². The van der Waals surface area contributed by atoms with E-state index >= 15 is 0 Å². The van der Waals surface area contributed by atoms with E-state index in [1.807, 2.05) is 37.3 Å². The summed E-state index contributed by atoms with van der Waals surface area (Å²) in [6, 6.07) is 15.7. The summed E-state index contributed by atoms with van der Waals surface area (Å²) in [5.41, 5.74) is 1.63. The van der Waals surface area contributed by atoms with E-state index in [4.69, 9.17) is 9.47 Å². The minimum Gasteiger partial charge on any atom is -0.497 e. The predicted molar refractivity (Wildman–Crippen MR) is 134 cm³/mol. The number of hydrogen-bond acceptors (Lipinski definition) is 8. The summed E-state index contributed by atoms with van der Waals surface area (Å²) in [5, 5.41) is 6.29. The molecule has 0 aliphatic carbocycles. The minimum atomic E-state index is -3.63. The Morgan fingerprint density at radius 2 is 1.65 bits per heavy atom. The fraction of sp³-hybridized carbons (Fsp3) is 0.333. The first-order valence-corrected chi connectivity index (χ1v) is 12.6. The van der Waals surface area contributed by atoms with Crippen molar-refractivity contribution in [2.24, 2.45) is 0 Å². The first-order valence-electron chi connectivity index (χ1n) is 11.1. The maximum Gasteiger partial charge on any atom is 0.240 e. The number of hydrogen-bond donors (Lipinski definition) is 3. The van der Waals surface area contributed by atoms with Crippen LogP contribution in [0.3, 0.4) is 0 Å². The van der Waals surface area contributed by atoms with Gasteiger partial charge in [0, 0.05) is 30.5 Å². The van der Waals surface area contributed by atoms with Gasteiger partial charge in [-0.3, -0.25) is 0 Å². The van der Waals surface area contributed by atoms with Crippen LogP contribution in [0.25, 0.3) is 0 Å². The molecule has 0 unspecified atom stereocenters. The molecule has 0 saturated carbocycles. The smallest absolute Gasteiger partial charge is 0.240 e. The van der Waals surface area contributed by atoms with Gasteiger partial charge >= 0.3 is 0 Å². The van der Waals surface area contributed by atoms with Crippen molar-refractivity contribution >= 4 is 27.5 Å². The highest BCUT2D eigenvalue weighted by molar-refractivity contribution is 7.89. The van der Waals surface area contributed by atoms with Crippen LogP contribution in [0.2, 0.25) is 0 Å². The second kappa shape index (κ2) is 12.2. The van der Waals surface area contributed by atoms with E-state index in [1.165, 1.54) is 12.1 Å². The highest BCUT2D eigenvalue weighted by Crippen LogP contribution is 2.20. The molecule has 9 nitrogen and oxygen atoms in total. The number of sulfonamides is 1. The molecule has 0 fully saturated rings. The summed E-state index contributed by atoms with van der Waals surface area (Å²) >= 11 is 0. The summed E-state index contributed by atoms with van der Waals surface area (Å²) in [5.74, 6) is 2.46. The second-order valence-corrected chi connectivity index (χ2v) is 9.34. The average molecular weight is 486 g/mol. The van der Waals surface area contributed by atoms with Crippen molar-refractivity contribution in [2.75, 3.05) is 37.4 Å². The Morgan fingerprint density at radius 1 is 0.941 bits per heavy atom.